The van der Waals surface area contributed by atoms with Crippen LogP contribution in [0.2, 0.25) is 0 Å². The largest absolute Gasteiger partial charge is 0.486 e. The van der Waals surface area contributed by atoms with Gasteiger partial charge in [-0.15, -0.1) is 0 Å². The molecule has 0 aliphatic carbocycles. The van der Waals surface area contributed by atoms with Crippen LogP contribution in [-0.4, -0.2) is 17.4 Å². The summed E-state index contributed by atoms with van der Waals surface area (Å²) in [7, 11) is 0. The zero-order chi connectivity index (χ0) is 11.5. The normalized spacial score (nSPS) is 10.4. The van der Waals surface area contributed by atoms with Crippen LogP contribution < -0.4 is 4.74 Å². The van der Waals surface area contributed by atoms with Crippen LogP contribution in [0.5, 0.6) is 5.75 Å². The summed E-state index contributed by atoms with van der Waals surface area (Å²) in [6, 6.07) is 9.63. The average Bonchev–Trinajstić information content (AvgIpc) is 2.25. The second kappa shape index (κ2) is 4.31. The van der Waals surface area contributed by atoms with Crippen molar-refractivity contribution < 1.29 is 9.53 Å². The Labute approximate surface area is 94.1 Å². The topological polar surface area (TPSA) is 39.2 Å². The molecule has 0 amide bonds. The van der Waals surface area contributed by atoms with Crippen molar-refractivity contribution in [3.63, 3.8) is 0 Å². The monoisotopic (exact) mass is 215 g/mol. The zero-order valence-electron chi connectivity index (χ0n) is 9.36. The summed E-state index contributed by atoms with van der Waals surface area (Å²) < 4.78 is 5.33. The Bertz CT molecular complexity index is 534. The number of aryl methyl sites for hydroxylation is 1. The minimum atomic E-state index is 0.0114. The Kier molecular flexibility index (Phi) is 2.86. The molecule has 0 aliphatic rings. The third-order valence-corrected chi connectivity index (χ3v) is 2.24. The first-order valence-corrected chi connectivity index (χ1v) is 5.15. The molecule has 16 heavy (non-hydrogen) atoms. The number of carbonyl (C=O) groups is 1. The van der Waals surface area contributed by atoms with Gasteiger partial charge in [-0.25, -0.2) is 0 Å². The van der Waals surface area contributed by atoms with Crippen molar-refractivity contribution in [1.29, 1.82) is 0 Å². The van der Waals surface area contributed by atoms with Crippen molar-refractivity contribution >= 4 is 16.7 Å². The number of carbonyl (C=O) groups excluding carboxylic acids is 1. The van der Waals surface area contributed by atoms with Gasteiger partial charge in [0.05, 0.1) is 5.52 Å². The van der Waals surface area contributed by atoms with Crippen molar-refractivity contribution in [2.24, 2.45) is 0 Å². The van der Waals surface area contributed by atoms with Gasteiger partial charge < -0.3 is 4.74 Å². The summed E-state index contributed by atoms with van der Waals surface area (Å²) in [4.78, 5) is 15.2. The van der Waals surface area contributed by atoms with E-state index in [9.17, 15) is 4.79 Å². The molecular weight excluding hydrogens is 202 g/mol. The lowest BCUT2D eigenvalue weighted by molar-refractivity contribution is -0.118. The lowest BCUT2D eigenvalue weighted by Gasteiger charge is -2.05. The molecule has 2 aromatic rings. The Morgan fingerprint density at radius 3 is 2.81 bits per heavy atom. The minimum absolute atomic E-state index is 0.0114. The molecule has 0 saturated heterocycles. The van der Waals surface area contributed by atoms with E-state index in [1.807, 2.05) is 37.3 Å². The number of hydrogen-bond donors (Lipinski definition) is 0. The summed E-state index contributed by atoms with van der Waals surface area (Å²) in [5.41, 5.74) is 1.86. The Morgan fingerprint density at radius 1 is 1.31 bits per heavy atom. The van der Waals surface area contributed by atoms with Gasteiger partial charge >= 0.3 is 0 Å². The third-order valence-electron chi connectivity index (χ3n) is 2.24. The SMILES string of the molecule is CC(=O)COc1ccc2ccc(C)nc2c1. The molecule has 3 nitrogen and oxygen atoms in total. The molecule has 0 aliphatic heterocycles. The maximum absolute atomic E-state index is 10.8. The first-order chi connectivity index (χ1) is 7.65. The molecule has 2 rings (SSSR count). The molecule has 0 fully saturated rings. The highest BCUT2D eigenvalue weighted by Gasteiger charge is 2.00. The van der Waals surface area contributed by atoms with E-state index < -0.39 is 0 Å². The number of fused-ring (bicyclic) bond motifs is 1. The van der Waals surface area contributed by atoms with Crippen molar-refractivity contribution in [2.75, 3.05) is 6.61 Å². The van der Waals surface area contributed by atoms with Crippen LogP contribution in [0.25, 0.3) is 10.9 Å². The fraction of sp³-hybridized carbons (Fsp3) is 0.231. The molecule has 1 aromatic carbocycles. The Balaban J connectivity index is 2.31. The third kappa shape index (κ3) is 2.37. The number of nitrogens with zero attached hydrogens (tertiary/aromatic N) is 1. The van der Waals surface area contributed by atoms with Crippen LogP contribution in [0.1, 0.15) is 12.6 Å². The Hall–Kier alpha value is -1.90. The molecule has 0 saturated carbocycles. The van der Waals surface area contributed by atoms with Crippen molar-refractivity contribution in [3.05, 3.63) is 36.0 Å². The highest BCUT2D eigenvalue weighted by atomic mass is 16.5. The predicted octanol–water partition coefficient (Wildman–Crippen LogP) is 2.51. The number of aromatic nitrogens is 1. The van der Waals surface area contributed by atoms with Crippen molar-refractivity contribution in [3.8, 4) is 5.75 Å². The van der Waals surface area contributed by atoms with Gasteiger partial charge in [-0.3, -0.25) is 9.78 Å². The van der Waals surface area contributed by atoms with Gasteiger partial charge in [0.1, 0.15) is 12.4 Å². The lowest BCUT2D eigenvalue weighted by Crippen LogP contribution is -2.06. The number of benzene rings is 1. The first kappa shape index (κ1) is 10.6. The van der Waals surface area contributed by atoms with Gasteiger partial charge in [-0.1, -0.05) is 6.07 Å². The predicted molar refractivity (Wildman–Crippen MR) is 62.7 cm³/mol. The van der Waals surface area contributed by atoms with E-state index in [2.05, 4.69) is 4.98 Å². The number of Topliss-reactive ketones (excluding diaryl/α,β-unsaturated/α-hetero) is 1. The van der Waals surface area contributed by atoms with Crippen molar-refractivity contribution in [1.82, 2.24) is 4.98 Å². The summed E-state index contributed by atoms with van der Waals surface area (Å²) >= 11 is 0. The first-order valence-electron chi connectivity index (χ1n) is 5.15. The molecule has 0 radical (unpaired) electrons. The molecule has 1 heterocycles. The van der Waals surface area contributed by atoms with E-state index in [1.165, 1.54) is 6.92 Å². The molecule has 0 atom stereocenters. The molecular formula is C13H13NO2. The number of rotatable bonds is 3. The molecule has 0 N–H and O–H groups in total. The van der Waals surface area contributed by atoms with E-state index in [-0.39, 0.29) is 12.4 Å². The molecule has 1 aromatic heterocycles. The van der Waals surface area contributed by atoms with Gasteiger partial charge in [0.15, 0.2) is 5.78 Å². The number of ether oxygens (including phenoxy) is 1. The average molecular weight is 215 g/mol. The summed E-state index contributed by atoms with van der Waals surface area (Å²) in [5, 5.41) is 1.07. The molecule has 3 heteroatoms. The standard InChI is InChI=1S/C13H13NO2/c1-9-3-4-11-5-6-12(7-13(11)14-9)16-8-10(2)15/h3-7H,8H2,1-2H3. The van der Waals surface area contributed by atoms with Crippen LogP contribution in [0.4, 0.5) is 0 Å². The summed E-state index contributed by atoms with van der Waals surface area (Å²) in [5.74, 6) is 0.693. The van der Waals surface area contributed by atoms with E-state index in [0.29, 0.717) is 5.75 Å². The van der Waals surface area contributed by atoms with Gasteiger partial charge in [0.25, 0.3) is 0 Å². The summed E-state index contributed by atoms with van der Waals surface area (Å²) in [6.45, 7) is 3.56. The van der Waals surface area contributed by atoms with Gasteiger partial charge in [-0.05, 0) is 32.0 Å². The highest BCUT2D eigenvalue weighted by Crippen LogP contribution is 2.19. The number of pyridine rings is 1. The number of hydrogen-bond acceptors (Lipinski definition) is 3. The molecule has 82 valence electrons. The lowest BCUT2D eigenvalue weighted by atomic mass is 10.2. The molecule has 0 bridgehead atoms. The van der Waals surface area contributed by atoms with E-state index in [1.54, 1.807) is 0 Å². The highest BCUT2D eigenvalue weighted by molar-refractivity contribution is 5.80. The fourth-order valence-electron chi connectivity index (χ4n) is 1.47. The number of ketones is 1. The van der Waals surface area contributed by atoms with Gasteiger partial charge in [0, 0.05) is 17.1 Å². The smallest absolute Gasteiger partial charge is 0.167 e. The van der Waals surface area contributed by atoms with Crippen LogP contribution in [0.15, 0.2) is 30.3 Å². The van der Waals surface area contributed by atoms with E-state index >= 15 is 0 Å². The maximum atomic E-state index is 10.8. The van der Waals surface area contributed by atoms with Crippen LogP contribution >= 0.6 is 0 Å². The minimum Gasteiger partial charge on any atom is -0.486 e. The zero-order valence-corrected chi connectivity index (χ0v) is 9.36. The van der Waals surface area contributed by atoms with Gasteiger partial charge in [-0.2, -0.15) is 0 Å². The van der Waals surface area contributed by atoms with Gasteiger partial charge in [0.2, 0.25) is 0 Å². The van der Waals surface area contributed by atoms with Crippen LogP contribution in [0.3, 0.4) is 0 Å². The van der Waals surface area contributed by atoms with E-state index in [4.69, 9.17) is 4.74 Å². The quantitative estimate of drug-likeness (QED) is 0.789. The maximum Gasteiger partial charge on any atom is 0.167 e. The fourth-order valence-corrected chi connectivity index (χ4v) is 1.47. The van der Waals surface area contributed by atoms with Crippen LogP contribution in [0, 0.1) is 6.92 Å². The second-order valence-electron chi connectivity index (χ2n) is 3.80. The Morgan fingerprint density at radius 2 is 2.06 bits per heavy atom. The molecule has 0 spiro atoms. The summed E-state index contributed by atoms with van der Waals surface area (Å²) in [6.07, 6.45) is 0. The van der Waals surface area contributed by atoms with E-state index in [0.717, 1.165) is 16.6 Å². The van der Waals surface area contributed by atoms with Crippen LogP contribution in [-0.2, 0) is 4.79 Å². The van der Waals surface area contributed by atoms with Crippen molar-refractivity contribution in [2.45, 2.75) is 13.8 Å². The second-order valence-corrected chi connectivity index (χ2v) is 3.80. The molecule has 0 unspecified atom stereocenters.